The third kappa shape index (κ3) is 7.17. The molecule has 3 nitrogen and oxygen atoms in total. The second-order valence-electron chi connectivity index (χ2n) is 6.60. The zero-order valence-electron chi connectivity index (χ0n) is 15.4. The molecule has 1 aliphatic rings. The summed E-state index contributed by atoms with van der Waals surface area (Å²) in [6.07, 6.45) is 12.8. The summed E-state index contributed by atoms with van der Waals surface area (Å²) in [5.74, 6) is -0.322. The van der Waals surface area contributed by atoms with Crippen molar-refractivity contribution in [3.05, 3.63) is 34.9 Å². The highest BCUT2D eigenvalue weighted by molar-refractivity contribution is 5.73. The van der Waals surface area contributed by atoms with Crippen LogP contribution in [0.3, 0.4) is 0 Å². The van der Waals surface area contributed by atoms with Crippen molar-refractivity contribution < 1.29 is 14.3 Å². The Morgan fingerprint density at radius 2 is 1.96 bits per heavy atom. The van der Waals surface area contributed by atoms with Gasteiger partial charge in [-0.1, -0.05) is 34.9 Å². The van der Waals surface area contributed by atoms with Crippen molar-refractivity contribution in [3.63, 3.8) is 0 Å². The minimum Gasteiger partial charge on any atom is -0.469 e. The number of methoxy groups -OCH3 is 2. The number of carbonyl (C=O) groups is 1. The zero-order valence-corrected chi connectivity index (χ0v) is 15.4. The summed E-state index contributed by atoms with van der Waals surface area (Å²) < 4.78 is 10.3. The lowest BCUT2D eigenvalue weighted by atomic mass is 9.85. The maximum Gasteiger partial charge on any atom is 0.311 e. The van der Waals surface area contributed by atoms with E-state index in [1.54, 1.807) is 7.11 Å². The smallest absolute Gasteiger partial charge is 0.311 e. The molecule has 23 heavy (non-hydrogen) atoms. The minimum atomic E-state index is -0.165. The first-order valence-corrected chi connectivity index (χ1v) is 8.57. The van der Waals surface area contributed by atoms with Crippen LogP contribution in [0.1, 0.15) is 59.3 Å². The normalized spacial score (nSPS) is 21.6. The molecule has 0 fully saturated rings. The molecule has 2 atom stereocenters. The van der Waals surface area contributed by atoms with Crippen molar-refractivity contribution in [2.75, 3.05) is 14.2 Å². The van der Waals surface area contributed by atoms with Crippen LogP contribution < -0.4 is 0 Å². The number of hydrogen-bond acceptors (Lipinski definition) is 3. The van der Waals surface area contributed by atoms with Crippen LogP contribution in [-0.4, -0.2) is 26.3 Å². The molecule has 0 aliphatic heterocycles. The highest BCUT2D eigenvalue weighted by Crippen LogP contribution is 2.29. The molecule has 0 N–H and O–H groups in total. The standard InChI is InChI=1S/C20H32O3/c1-15(2)8-6-9-16(3)10-7-11-17-12-13-18(20(21)23-5)19(14-17)22-4/h8,10,14,18-19H,6-7,9,11-13H2,1-5H3/b16-10+. The quantitative estimate of drug-likeness (QED) is 0.467. The number of hydrogen-bond donors (Lipinski definition) is 0. The van der Waals surface area contributed by atoms with E-state index in [2.05, 4.69) is 39.0 Å². The Hall–Kier alpha value is -1.35. The Balaban J connectivity index is 2.47. The van der Waals surface area contributed by atoms with Crippen LogP contribution in [0.5, 0.6) is 0 Å². The fraction of sp³-hybridized carbons (Fsp3) is 0.650. The number of esters is 1. The lowest BCUT2D eigenvalue weighted by Crippen LogP contribution is -2.32. The maximum absolute atomic E-state index is 11.7. The molecule has 0 aromatic heterocycles. The number of carbonyl (C=O) groups excluding carboxylic acids is 1. The molecule has 1 aliphatic carbocycles. The van der Waals surface area contributed by atoms with Crippen molar-refractivity contribution in [1.29, 1.82) is 0 Å². The average molecular weight is 320 g/mol. The van der Waals surface area contributed by atoms with E-state index in [0.29, 0.717) is 0 Å². The molecule has 0 aromatic carbocycles. The minimum absolute atomic E-state index is 0.144. The summed E-state index contributed by atoms with van der Waals surface area (Å²) in [6.45, 7) is 6.49. The highest BCUT2D eigenvalue weighted by atomic mass is 16.5. The van der Waals surface area contributed by atoms with Gasteiger partial charge < -0.3 is 9.47 Å². The number of allylic oxidation sites excluding steroid dienone is 5. The van der Waals surface area contributed by atoms with E-state index in [0.717, 1.165) is 38.5 Å². The first kappa shape index (κ1) is 19.7. The molecule has 0 saturated carbocycles. The topological polar surface area (TPSA) is 35.5 Å². The first-order valence-electron chi connectivity index (χ1n) is 8.57. The van der Waals surface area contributed by atoms with Gasteiger partial charge in [-0.25, -0.2) is 0 Å². The summed E-state index contributed by atoms with van der Waals surface area (Å²) in [6, 6.07) is 0. The Morgan fingerprint density at radius 1 is 1.22 bits per heavy atom. The fourth-order valence-corrected chi connectivity index (χ4v) is 2.98. The molecule has 0 amide bonds. The molecule has 3 heteroatoms. The van der Waals surface area contributed by atoms with Gasteiger partial charge in [0.2, 0.25) is 0 Å². The van der Waals surface area contributed by atoms with Gasteiger partial charge in [0.15, 0.2) is 0 Å². The first-order chi connectivity index (χ1) is 11.0. The van der Waals surface area contributed by atoms with Gasteiger partial charge in [0.25, 0.3) is 0 Å². The van der Waals surface area contributed by atoms with E-state index >= 15 is 0 Å². The van der Waals surface area contributed by atoms with E-state index in [1.807, 2.05) is 0 Å². The van der Waals surface area contributed by atoms with Crippen LogP contribution in [0.15, 0.2) is 34.9 Å². The van der Waals surface area contributed by atoms with Gasteiger partial charge in [0.1, 0.15) is 0 Å². The molecule has 0 spiro atoms. The molecule has 0 radical (unpaired) electrons. The fourth-order valence-electron chi connectivity index (χ4n) is 2.98. The largest absolute Gasteiger partial charge is 0.469 e. The van der Waals surface area contributed by atoms with Crippen molar-refractivity contribution in [3.8, 4) is 0 Å². The van der Waals surface area contributed by atoms with Crippen LogP contribution >= 0.6 is 0 Å². The predicted molar refractivity (Wildman–Crippen MR) is 95.3 cm³/mol. The Bertz CT molecular complexity index is 467. The van der Waals surface area contributed by atoms with Crippen LogP contribution in [-0.2, 0) is 14.3 Å². The monoisotopic (exact) mass is 320 g/mol. The second kappa shape index (κ2) is 10.4. The average Bonchev–Trinajstić information content (AvgIpc) is 2.53. The predicted octanol–water partition coefficient (Wildman–Crippen LogP) is 4.98. The Kier molecular flexibility index (Phi) is 8.93. The van der Waals surface area contributed by atoms with E-state index in [-0.39, 0.29) is 18.0 Å². The van der Waals surface area contributed by atoms with Gasteiger partial charge in [-0.15, -0.1) is 0 Å². The number of rotatable bonds is 8. The third-order valence-electron chi connectivity index (χ3n) is 4.40. The Labute approximate surface area is 141 Å². The van der Waals surface area contributed by atoms with Gasteiger partial charge in [0.05, 0.1) is 19.1 Å². The van der Waals surface area contributed by atoms with Crippen LogP contribution in [0.4, 0.5) is 0 Å². The maximum atomic E-state index is 11.7. The van der Waals surface area contributed by atoms with Crippen LogP contribution in [0.25, 0.3) is 0 Å². The van der Waals surface area contributed by atoms with Crippen LogP contribution in [0.2, 0.25) is 0 Å². The summed E-state index contributed by atoms with van der Waals surface area (Å²) in [4.78, 5) is 11.7. The van der Waals surface area contributed by atoms with Gasteiger partial charge >= 0.3 is 5.97 Å². The molecule has 1 rings (SSSR count). The van der Waals surface area contributed by atoms with Gasteiger partial charge in [0, 0.05) is 7.11 Å². The SMILES string of the molecule is COC(=O)C1CCC(CC/C=C(\C)CCC=C(C)C)=CC1OC. The molecule has 0 heterocycles. The van der Waals surface area contributed by atoms with Crippen molar-refractivity contribution in [1.82, 2.24) is 0 Å². The van der Waals surface area contributed by atoms with Crippen molar-refractivity contribution in [2.45, 2.75) is 65.4 Å². The molecular weight excluding hydrogens is 288 g/mol. The lowest BCUT2D eigenvalue weighted by molar-refractivity contribution is -0.149. The lowest BCUT2D eigenvalue weighted by Gasteiger charge is -2.27. The van der Waals surface area contributed by atoms with E-state index in [9.17, 15) is 4.79 Å². The van der Waals surface area contributed by atoms with Crippen LogP contribution in [0, 0.1) is 5.92 Å². The zero-order chi connectivity index (χ0) is 17.2. The molecule has 0 aromatic rings. The summed E-state index contributed by atoms with van der Waals surface area (Å²) in [5, 5.41) is 0. The Morgan fingerprint density at radius 3 is 2.57 bits per heavy atom. The van der Waals surface area contributed by atoms with Gasteiger partial charge in [-0.05, 0) is 59.3 Å². The van der Waals surface area contributed by atoms with E-state index in [4.69, 9.17) is 9.47 Å². The summed E-state index contributed by atoms with van der Waals surface area (Å²) in [7, 11) is 3.10. The van der Waals surface area contributed by atoms with Gasteiger partial charge in [-0.2, -0.15) is 0 Å². The van der Waals surface area contributed by atoms with Crippen molar-refractivity contribution >= 4 is 5.97 Å². The molecular formula is C20H32O3. The van der Waals surface area contributed by atoms with Gasteiger partial charge in [-0.3, -0.25) is 4.79 Å². The molecule has 130 valence electrons. The summed E-state index contributed by atoms with van der Waals surface area (Å²) in [5.41, 5.74) is 4.23. The van der Waals surface area contributed by atoms with Crippen molar-refractivity contribution in [2.24, 2.45) is 5.92 Å². The molecule has 0 saturated heterocycles. The highest BCUT2D eigenvalue weighted by Gasteiger charge is 2.31. The summed E-state index contributed by atoms with van der Waals surface area (Å²) >= 11 is 0. The molecule has 2 unspecified atom stereocenters. The molecule has 0 bridgehead atoms. The second-order valence-corrected chi connectivity index (χ2v) is 6.60. The van der Waals surface area contributed by atoms with E-state index < -0.39 is 0 Å². The number of ether oxygens (including phenoxy) is 2. The van der Waals surface area contributed by atoms with E-state index in [1.165, 1.54) is 23.8 Å². The third-order valence-corrected chi connectivity index (χ3v) is 4.40.